The third-order valence-corrected chi connectivity index (χ3v) is 2.39. The molecule has 1 N–H and O–H groups in total. The van der Waals surface area contributed by atoms with Crippen LogP contribution in [-0.2, 0) is 0 Å². The zero-order chi connectivity index (χ0) is 10.7. The van der Waals surface area contributed by atoms with Crippen LogP contribution < -0.4 is 5.32 Å². The maximum absolute atomic E-state index is 4.11. The van der Waals surface area contributed by atoms with Gasteiger partial charge in [-0.2, -0.15) is 0 Å². The molecule has 1 aromatic carbocycles. The summed E-state index contributed by atoms with van der Waals surface area (Å²) in [5.41, 5.74) is 1.90. The number of aryl methyl sites for hydroxylation is 1. The summed E-state index contributed by atoms with van der Waals surface area (Å²) in [5.74, 6) is 0.773. The van der Waals surface area contributed by atoms with Crippen molar-refractivity contribution in [2.75, 3.05) is 5.32 Å². The van der Waals surface area contributed by atoms with Gasteiger partial charge in [0.25, 0.3) is 0 Å². The summed E-state index contributed by atoms with van der Waals surface area (Å²) in [5, 5.41) is 3.22. The van der Waals surface area contributed by atoms with E-state index in [1.165, 1.54) is 0 Å². The fourth-order valence-electron chi connectivity index (χ4n) is 1.19. The van der Waals surface area contributed by atoms with E-state index in [0.717, 1.165) is 21.7 Å². The van der Waals surface area contributed by atoms with Gasteiger partial charge in [0.15, 0.2) is 0 Å². The van der Waals surface area contributed by atoms with Gasteiger partial charge < -0.3 is 5.32 Å². The van der Waals surface area contributed by atoms with Gasteiger partial charge in [-0.25, -0.2) is 9.97 Å². The fraction of sp³-hybridized carbons (Fsp3) is 0.0909. The van der Waals surface area contributed by atoms with Crippen LogP contribution in [0.2, 0.25) is 0 Å². The van der Waals surface area contributed by atoms with E-state index in [0.29, 0.717) is 0 Å². The summed E-state index contributed by atoms with van der Waals surface area (Å²) in [6, 6.07) is 7.95. The topological polar surface area (TPSA) is 37.8 Å². The van der Waals surface area contributed by atoms with Gasteiger partial charge in [0.1, 0.15) is 5.82 Å². The lowest BCUT2D eigenvalue weighted by Gasteiger charge is -2.05. The van der Waals surface area contributed by atoms with Crippen LogP contribution in [0.25, 0.3) is 0 Å². The number of halogens is 1. The number of rotatable bonds is 2. The lowest BCUT2D eigenvalue weighted by atomic mass is 10.3. The van der Waals surface area contributed by atoms with Gasteiger partial charge in [-0.15, -0.1) is 0 Å². The van der Waals surface area contributed by atoms with Crippen molar-refractivity contribution >= 4 is 27.3 Å². The first-order valence-corrected chi connectivity index (χ1v) is 5.34. The highest BCUT2D eigenvalue weighted by Gasteiger charge is 1.96. The molecule has 0 radical (unpaired) electrons. The van der Waals surface area contributed by atoms with Gasteiger partial charge in [0.05, 0.1) is 18.1 Å². The first-order chi connectivity index (χ1) is 7.24. The number of hydrogen-bond acceptors (Lipinski definition) is 3. The van der Waals surface area contributed by atoms with E-state index in [1.54, 1.807) is 12.4 Å². The van der Waals surface area contributed by atoms with Crippen molar-refractivity contribution in [1.29, 1.82) is 0 Å². The number of hydrogen-bond donors (Lipinski definition) is 1. The van der Waals surface area contributed by atoms with Crippen LogP contribution in [0.3, 0.4) is 0 Å². The molecule has 0 bridgehead atoms. The summed E-state index contributed by atoms with van der Waals surface area (Å²) in [6.45, 7) is 1.86. The van der Waals surface area contributed by atoms with Gasteiger partial charge >= 0.3 is 0 Å². The normalized spacial score (nSPS) is 10.0. The Morgan fingerprint density at radius 2 is 1.87 bits per heavy atom. The SMILES string of the molecule is Cc1ncc(Nc2cccc(Br)c2)cn1. The third-order valence-electron chi connectivity index (χ3n) is 1.89. The Morgan fingerprint density at radius 3 is 2.53 bits per heavy atom. The highest BCUT2D eigenvalue weighted by atomic mass is 79.9. The molecule has 0 aliphatic heterocycles. The smallest absolute Gasteiger partial charge is 0.125 e. The molecule has 0 saturated carbocycles. The molecule has 0 aliphatic rings. The van der Waals surface area contributed by atoms with Crippen molar-refractivity contribution in [2.24, 2.45) is 0 Å². The molecule has 2 rings (SSSR count). The maximum Gasteiger partial charge on any atom is 0.125 e. The summed E-state index contributed by atoms with van der Waals surface area (Å²) in [7, 11) is 0. The molecule has 1 aromatic heterocycles. The Hall–Kier alpha value is -1.42. The van der Waals surface area contributed by atoms with Crippen LogP contribution in [0, 0.1) is 6.92 Å². The molecular weight excluding hydrogens is 254 g/mol. The van der Waals surface area contributed by atoms with Gasteiger partial charge in [0.2, 0.25) is 0 Å². The average molecular weight is 264 g/mol. The molecule has 0 atom stereocenters. The van der Waals surface area contributed by atoms with Crippen molar-refractivity contribution in [3.05, 3.63) is 47.0 Å². The summed E-state index contributed by atoms with van der Waals surface area (Å²) < 4.78 is 1.04. The minimum atomic E-state index is 0.773. The monoisotopic (exact) mass is 263 g/mol. The molecule has 76 valence electrons. The van der Waals surface area contributed by atoms with Crippen LogP contribution in [0.15, 0.2) is 41.1 Å². The Bertz CT molecular complexity index is 454. The van der Waals surface area contributed by atoms with Crippen molar-refractivity contribution in [1.82, 2.24) is 9.97 Å². The minimum Gasteiger partial charge on any atom is -0.353 e. The van der Waals surface area contributed by atoms with Gasteiger partial charge in [-0.1, -0.05) is 22.0 Å². The second-order valence-electron chi connectivity index (χ2n) is 3.15. The van der Waals surface area contributed by atoms with E-state index < -0.39 is 0 Å². The third kappa shape index (κ3) is 2.76. The molecule has 15 heavy (non-hydrogen) atoms. The van der Waals surface area contributed by atoms with E-state index in [4.69, 9.17) is 0 Å². The van der Waals surface area contributed by atoms with Crippen molar-refractivity contribution in [3.63, 3.8) is 0 Å². The van der Waals surface area contributed by atoms with E-state index in [-0.39, 0.29) is 0 Å². The van der Waals surface area contributed by atoms with E-state index >= 15 is 0 Å². The lowest BCUT2D eigenvalue weighted by molar-refractivity contribution is 1.05. The summed E-state index contributed by atoms with van der Waals surface area (Å²) in [6.07, 6.45) is 3.53. The van der Waals surface area contributed by atoms with Crippen LogP contribution in [0.1, 0.15) is 5.82 Å². The van der Waals surface area contributed by atoms with Crippen LogP contribution >= 0.6 is 15.9 Å². The van der Waals surface area contributed by atoms with Gasteiger partial charge in [0, 0.05) is 10.2 Å². The number of benzene rings is 1. The molecule has 0 saturated heterocycles. The average Bonchev–Trinajstić information content (AvgIpc) is 2.22. The number of nitrogens with one attached hydrogen (secondary N) is 1. The molecule has 3 nitrogen and oxygen atoms in total. The molecular formula is C11H10BrN3. The first-order valence-electron chi connectivity index (χ1n) is 4.55. The Morgan fingerprint density at radius 1 is 1.13 bits per heavy atom. The van der Waals surface area contributed by atoms with E-state index in [9.17, 15) is 0 Å². The predicted molar refractivity (Wildman–Crippen MR) is 64.2 cm³/mol. The molecule has 4 heteroatoms. The Labute approximate surface area is 96.7 Å². The molecule has 2 aromatic rings. The quantitative estimate of drug-likeness (QED) is 0.904. The standard InChI is InChI=1S/C11H10BrN3/c1-8-13-6-11(7-14-8)15-10-4-2-3-9(12)5-10/h2-7,15H,1H3. The minimum absolute atomic E-state index is 0.773. The molecule has 0 unspecified atom stereocenters. The summed E-state index contributed by atoms with van der Waals surface area (Å²) >= 11 is 3.42. The fourth-order valence-corrected chi connectivity index (χ4v) is 1.59. The van der Waals surface area contributed by atoms with Crippen molar-refractivity contribution in [2.45, 2.75) is 6.92 Å². The molecule has 0 fully saturated rings. The first kappa shape index (κ1) is 10.1. The molecule has 1 heterocycles. The number of aromatic nitrogens is 2. The molecule has 0 amide bonds. The van der Waals surface area contributed by atoms with E-state index in [1.807, 2.05) is 31.2 Å². The highest BCUT2D eigenvalue weighted by Crippen LogP contribution is 2.19. The van der Waals surface area contributed by atoms with Crippen molar-refractivity contribution < 1.29 is 0 Å². The van der Waals surface area contributed by atoms with Crippen molar-refractivity contribution in [3.8, 4) is 0 Å². The molecule has 0 spiro atoms. The molecule has 0 aliphatic carbocycles. The zero-order valence-corrected chi connectivity index (χ0v) is 9.82. The maximum atomic E-state index is 4.11. The van der Waals surface area contributed by atoms with Gasteiger partial charge in [-0.3, -0.25) is 0 Å². The van der Waals surface area contributed by atoms with Crippen LogP contribution in [-0.4, -0.2) is 9.97 Å². The van der Waals surface area contributed by atoms with E-state index in [2.05, 4.69) is 31.2 Å². The highest BCUT2D eigenvalue weighted by molar-refractivity contribution is 9.10. The summed E-state index contributed by atoms with van der Waals surface area (Å²) in [4.78, 5) is 8.22. The second-order valence-corrected chi connectivity index (χ2v) is 4.07. The Kier molecular flexibility index (Phi) is 2.97. The second kappa shape index (κ2) is 4.40. The zero-order valence-electron chi connectivity index (χ0n) is 8.24. The van der Waals surface area contributed by atoms with Crippen LogP contribution in [0.5, 0.6) is 0 Å². The predicted octanol–water partition coefficient (Wildman–Crippen LogP) is 3.29. The number of anilines is 2. The largest absolute Gasteiger partial charge is 0.353 e. The number of nitrogens with zero attached hydrogens (tertiary/aromatic N) is 2. The Balaban J connectivity index is 2.18. The lowest BCUT2D eigenvalue weighted by Crippen LogP contribution is -1.93. The van der Waals surface area contributed by atoms with Crippen LogP contribution in [0.4, 0.5) is 11.4 Å². The van der Waals surface area contributed by atoms with Gasteiger partial charge in [-0.05, 0) is 25.1 Å².